The largest absolute Gasteiger partial charge is 0.433 e. The Hall–Kier alpha value is -2.50. The molecule has 3 N–H and O–H groups in total. The third-order valence-corrected chi connectivity index (χ3v) is 5.49. The number of hydrogen-bond acceptors (Lipinski definition) is 8. The Morgan fingerprint density at radius 2 is 2.03 bits per heavy atom. The van der Waals surface area contributed by atoms with E-state index in [1.165, 1.54) is 4.90 Å². The van der Waals surface area contributed by atoms with Crippen LogP contribution in [0.2, 0.25) is 0 Å². The number of rotatable bonds is 8. The highest BCUT2D eigenvalue weighted by molar-refractivity contribution is 6.01. The van der Waals surface area contributed by atoms with Gasteiger partial charge in [-0.1, -0.05) is 6.08 Å². The lowest BCUT2D eigenvalue weighted by atomic mass is 10.0. The molecule has 3 heterocycles. The molecule has 0 aliphatic carbocycles. The summed E-state index contributed by atoms with van der Waals surface area (Å²) in [6, 6.07) is -0.627. The van der Waals surface area contributed by atoms with Gasteiger partial charge in [-0.3, -0.25) is 24.1 Å². The number of allylic oxidation sites excluding steroid dienone is 1. The first-order valence-electron chi connectivity index (χ1n) is 10.5. The van der Waals surface area contributed by atoms with Gasteiger partial charge < -0.3 is 30.2 Å². The smallest absolute Gasteiger partial charge is 0.310 e. The molecular formula is C20H30N4O7. The molecule has 3 unspecified atom stereocenters. The molecule has 3 aliphatic rings. The minimum Gasteiger partial charge on any atom is -0.433 e. The SMILES string of the molecule is CCOC1OC(=O)CC1NC(=O)CN1CC(CN2CCOCC2)=CCC(C(N)=O)C1=O. The second kappa shape index (κ2) is 10.7. The van der Waals surface area contributed by atoms with E-state index in [2.05, 4.69) is 10.2 Å². The number of carbonyl (C=O) groups excluding carboxylic acids is 4. The van der Waals surface area contributed by atoms with Crippen molar-refractivity contribution in [3.05, 3.63) is 11.6 Å². The van der Waals surface area contributed by atoms with Gasteiger partial charge in [-0.2, -0.15) is 0 Å². The maximum Gasteiger partial charge on any atom is 0.310 e. The average Bonchev–Trinajstić information content (AvgIpc) is 2.98. The predicted molar refractivity (Wildman–Crippen MR) is 107 cm³/mol. The Labute approximate surface area is 180 Å². The molecular weight excluding hydrogens is 408 g/mol. The molecule has 0 aromatic heterocycles. The summed E-state index contributed by atoms with van der Waals surface area (Å²) in [6.45, 7) is 5.51. The second-order valence-electron chi connectivity index (χ2n) is 7.83. The second-order valence-corrected chi connectivity index (χ2v) is 7.83. The van der Waals surface area contributed by atoms with Gasteiger partial charge in [0.1, 0.15) is 12.0 Å². The molecule has 0 spiro atoms. The van der Waals surface area contributed by atoms with E-state index in [0.717, 1.165) is 18.7 Å². The van der Waals surface area contributed by atoms with Gasteiger partial charge in [0.15, 0.2) is 0 Å². The first-order chi connectivity index (χ1) is 14.9. The lowest BCUT2D eigenvalue weighted by molar-refractivity contribution is -0.164. The maximum atomic E-state index is 12.9. The maximum absolute atomic E-state index is 12.9. The van der Waals surface area contributed by atoms with E-state index in [9.17, 15) is 19.2 Å². The Morgan fingerprint density at radius 1 is 1.29 bits per heavy atom. The van der Waals surface area contributed by atoms with Gasteiger partial charge in [-0.15, -0.1) is 0 Å². The molecule has 3 aliphatic heterocycles. The molecule has 0 aromatic rings. The lowest BCUT2D eigenvalue weighted by Gasteiger charge is -2.29. The van der Waals surface area contributed by atoms with Crippen LogP contribution in [0.3, 0.4) is 0 Å². The fraction of sp³-hybridized carbons (Fsp3) is 0.700. The van der Waals surface area contributed by atoms with Gasteiger partial charge in [0.2, 0.25) is 24.0 Å². The van der Waals surface area contributed by atoms with Gasteiger partial charge in [0, 0.05) is 32.8 Å². The molecule has 172 valence electrons. The van der Waals surface area contributed by atoms with Crippen LogP contribution >= 0.6 is 0 Å². The fourth-order valence-electron chi connectivity index (χ4n) is 3.92. The zero-order chi connectivity index (χ0) is 22.4. The summed E-state index contributed by atoms with van der Waals surface area (Å²) in [5, 5.41) is 2.71. The number of nitrogens with two attached hydrogens (primary N) is 1. The average molecular weight is 438 g/mol. The van der Waals surface area contributed by atoms with Crippen molar-refractivity contribution in [2.75, 3.05) is 52.5 Å². The van der Waals surface area contributed by atoms with Crippen LogP contribution in [0.25, 0.3) is 0 Å². The van der Waals surface area contributed by atoms with E-state index in [1.54, 1.807) is 6.92 Å². The Balaban J connectivity index is 1.65. The van der Waals surface area contributed by atoms with Crippen LogP contribution in [-0.2, 0) is 33.4 Å². The highest BCUT2D eigenvalue weighted by Crippen LogP contribution is 2.19. The molecule has 0 aromatic carbocycles. The number of morpholine rings is 1. The summed E-state index contributed by atoms with van der Waals surface area (Å²) in [4.78, 5) is 52.5. The van der Waals surface area contributed by atoms with Gasteiger partial charge in [0.05, 0.1) is 26.2 Å². The summed E-state index contributed by atoms with van der Waals surface area (Å²) in [5.41, 5.74) is 6.38. The molecule has 2 fully saturated rings. The molecule has 0 bridgehead atoms. The third kappa shape index (κ3) is 6.25. The number of primary amides is 1. The highest BCUT2D eigenvalue weighted by atomic mass is 16.7. The van der Waals surface area contributed by atoms with Crippen LogP contribution in [0.4, 0.5) is 0 Å². The van der Waals surface area contributed by atoms with Crippen LogP contribution in [0.15, 0.2) is 11.6 Å². The van der Waals surface area contributed by atoms with E-state index in [-0.39, 0.29) is 25.9 Å². The summed E-state index contributed by atoms with van der Waals surface area (Å²) >= 11 is 0. The summed E-state index contributed by atoms with van der Waals surface area (Å²) in [6.07, 6.45) is 1.23. The predicted octanol–water partition coefficient (Wildman–Crippen LogP) is -1.63. The number of ether oxygens (including phenoxy) is 3. The number of hydrogen-bond donors (Lipinski definition) is 2. The van der Waals surface area contributed by atoms with E-state index in [1.807, 2.05) is 6.08 Å². The molecule has 3 atom stereocenters. The van der Waals surface area contributed by atoms with Crippen molar-refractivity contribution in [3.8, 4) is 0 Å². The van der Waals surface area contributed by atoms with Crippen molar-refractivity contribution >= 4 is 23.7 Å². The Kier molecular flexibility index (Phi) is 7.99. The highest BCUT2D eigenvalue weighted by Gasteiger charge is 2.38. The summed E-state index contributed by atoms with van der Waals surface area (Å²) in [5.74, 6) is -3.12. The molecule has 2 saturated heterocycles. The summed E-state index contributed by atoms with van der Waals surface area (Å²) in [7, 11) is 0. The molecule has 0 saturated carbocycles. The molecule has 3 rings (SSSR count). The molecule has 31 heavy (non-hydrogen) atoms. The minimum atomic E-state index is -1.01. The number of carbonyl (C=O) groups is 4. The van der Waals surface area contributed by atoms with E-state index in [0.29, 0.717) is 26.4 Å². The monoisotopic (exact) mass is 438 g/mol. The van der Waals surface area contributed by atoms with Crippen LogP contribution in [0.1, 0.15) is 19.8 Å². The quantitative estimate of drug-likeness (QED) is 0.262. The number of nitrogens with zero attached hydrogens (tertiary/aromatic N) is 2. The lowest BCUT2D eigenvalue weighted by Crippen LogP contribution is -2.50. The third-order valence-electron chi connectivity index (χ3n) is 5.49. The zero-order valence-electron chi connectivity index (χ0n) is 17.7. The van der Waals surface area contributed by atoms with Gasteiger partial charge >= 0.3 is 5.97 Å². The van der Waals surface area contributed by atoms with E-state index in [4.69, 9.17) is 19.9 Å². The van der Waals surface area contributed by atoms with Crippen LogP contribution in [0, 0.1) is 5.92 Å². The van der Waals surface area contributed by atoms with E-state index >= 15 is 0 Å². The normalized spacial score (nSPS) is 27.5. The fourth-order valence-corrected chi connectivity index (χ4v) is 3.92. The number of nitrogens with one attached hydrogen (secondary N) is 1. The van der Waals surface area contributed by atoms with Crippen molar-refractivity contribution in [1.82, 2.24) is 15.1 Å². The van der Waals surface area contributed by atoms with Gasteiger partial charge in [-0.25, -0.2) is 0 Å². The molecule has 11 heteroatoms. The van der Waals surface area contributed by atoms with Crippen molar-refractivity contribution in [1.29, 1.82) is 0 Å². The molecule has 0 radical (unpaired) electrons. The van der Waals surface area contributed by atoms with Gasteiger partial charge in [-0.05, 0) is 18.9 Å². The topological polar surface area (TPSA) is 140 Å². The van der Waals surface area contributed by atoms with Crippen molar-refractivity contribution in [2.24, 2.45) is 11.7 Å². The van der Waals surface area contributed by atoms with Crippen molar-refractivity contribution in [3.63, 3.8) is 0 Å². The first kappa shape index (κ1) is 23.2. The van der Waals surface area contributed by atoms with Gasteiger partial charge in [0.25, 0.3) is 0 Å². The van der Waals surface area contributed by atoms with E-state index < -0.39 is 41.9 Å². The number of esters is 1. The molecule has 3 amide bonds. The Bertz CT molecular complexity index is 735. The first-order valence-corrected chi connectivity index (χ1v) is 10.5. The van der Waals surface area contributed by atoms with Crippen molar-refractivity contribution in [2.45, 2.75) is 32.1 Å². The van der Waals surface area contributed by atoms with Crippen LogP contribution < -0.4 is 11.1 Å². The minimum absolute atomic E-state index is 0.00352. The van der Waals surface area contributed by atoms with Crippen LogP contribution in [0.5, 0.6) is 0 Å². The zero-order valence-corrected chi connectivity index (χ0v) is 17.7. The summed E-state index contributed by atoms with van der Waals surface area (Å²) < 4.78 is 15.8. The molecule has 11 nitrogen and oxygen atoms in total. The van der Waals surface area contributed by atoms with Crippen LogP contribution in [-0.4, -0.2) is 98.4 Å². The standard InChI is InChI=1S/C20H30N4O7/c1-2-30-20-15(9-17(26)31-20)22-16(25)12-24-11-13(10-23-5-7-29-8-6-23)3-4-14(18(21)27)19(24)28/h3,14-15,20H,2,4-12H2,1H3,(H2,21,27)(H,22,25). The number of amides is 3. The van der Waals surface area contributed by atoms with Crippen molar-refractivity contribution < 1.29 is 33.4 Å². The number of cyclic esters (lactones) is 1. The Morgan fingerprint density at radius 3 is 2.71 bits per heavy atom.